The molecular formula is C22H28N2O4S. The Kier molecular flexibility index (Phi) is 6.00. The smallest absolute Gasteiger partial charge is 0.262 e. The van der Waals surface area contributed by atoms with Crippen LogP contribution in [0.15, 0.2) is 42.5 Å². The molecule has 0 saturated carbocycles. The van der Waals surface area contributed by atoms with E-state index >= 15 is 0 Å². The molecule has 0 atom stereocenters. The van der Waals surface area contributed by atoms with Crippen LogP contribution in [0.3, 0.4) is 0 Å². The van der Waals surface area contributed by atoms with Crippen LogP contribution in [0.2, 0.25) is 0 Å². The number of nitrogens with one attached hydrogen (secondary N) is 1. The van der Waals surface area contributed by atoms with Crippen molar-refractivity contribution in [2.24, 2.45) is 0 Å². The average Bonchev–Trinajstić information content (AvgIpc) is 2.65. The number of carbonyl (C=O) groups excluding carboxylic acids is 1. The maximum atomic E-state index is 12.4. The third-order valence-corrected chi connectivity index (χ3v) is 6.31. The summed E-state index contributed by atoms with van der Waals surface area (Å²) in [6, 6.07) is 13.3. The zero-order valence-electron chi connectivity index (χ0n) is 17.4. The fraction of sp³-hybridized carbons (Fsp3) is 0.409. The summed E-state index contributed by atoms with van der Waals surface area (Å²) in [4.78, 5) is 12.4. The van der Waals surface area contributed by atoms with E-state index in [0.29, 0.717) is 30.9 Å². The summed E-state index contributed by atoms with van der Waals surface area (Å²) in [7, 11) is -3.23. The number of fused-ring (bicyclic) bond motifs is 1. The van der Waals surface area contributed by atoms with Gasteiger partial charge in [0.15, 0.2) is 6.61 Å². The second kappa shape index (κ2) is 8.16. The van der Waals surface area contributed by atoms with E-state index in [9.17, 15) is 13.2 Å². The molecule has 6 nitrogen and oxygen atoms in total. The average molecular weight is 417 g/mol. The van der Waals surface area contributed by atoms with Crippen LogP contribution in [-0.2, 0) is 33.2 Å². The number of hydrogen-bond donors (Lipinski definition) is 1. The van der Waals surface area contributed by atoms with E-state index in [1.54, 1.807) is 0 Å². The molecule has 0 radical (unpaired) electrons. The Morgan fingerprint density at radius 1 is 1.14 bits per heavy atom. The van der Waals surface area contributed by atoms with Gasteiger partial charge in [-0.3, -0.25) is 4.79 Å². The van der Waals surface area contributed by atoms with Crippen molar-refractivity contribution in [2.45, 2.75) is 39.2 Å². The molecule has 1 N–H and O–H groups in total. The molecule has 0 saturated heterocycles. The lowest BCUT2D eigenvalue weighted by atomic mass is 9.87. The van der Waals surface area contributed by atoms with Gasteiger partial charge < -0.3 is 10.1 Å². The Bertz CT molecular complexity index is 992. The zero-order chi connectivity index (χ0) is 21.2. The molecule has 0 unspecified atom stereocenters. The van der Waals surface area contributed by atoms with E-state index in [-0.39, 0.29) is 17.9 Å². The van der Waals surface area contributed by atoms with Crippen LogP contribution in [0, 0.1) is 0 Å². The van der Waals surface area contributed by atoms with Crippen LogP contribution >= 0.6 is 0 Å². The van der Waals surface area contributed by atoms with Gasteiger partial charge in [-0.25, -0.2) is 8.42 Å². The summed E-state index contributed by atoms with van der Waals surface area (Å²) in [5.41, 5.74) is 3.88. The Labute approximate surface area is 172 Å². The van der Waals surface area contributed by atoms with Gasteiger partial charge in [0.1, 0.15) is 5.75 Å². The van der Waals surface area contributed by atoms with Crippen LogP contribution in [0.5, 0.6) is 5.75 Å². The number of benzene rings is 2. The number of carbonyl (C=O) groups is 1. The quantitative estimate of drug-likeness (QED) is 0.811. The first-order chi connectivity index (χ1) is 13.5. The van der Waals surface area contributed by atoms with Crippen molar-refractivity contribution in [3.8, 4) is 5.75 Å². The summed E-state index contributed by atoms with van der Waals surface area (Å²) < 4.78 is 30.7. The SMILES string of the molecule is CC(C)(C)c1ccc(OCC(=O)Nc2cccc3c2CCN(S(C)(=O)=O)C3)cc1. The monoisotopic (exact) mass is 416 g/mol. The molecule has 0 aliphatic carbocycles. The minimum atomic E-state index is -3.23. The second-order valence-electron chi connectivity index (χ2n) is 8.40. The Morgan fingerprint density at radius 3 is 2.45 bits per heavy atom. The number of amides is 1. The van der Waals surface area contributed by atoms with Crippen LogP contribution in [0.1, 0.15) is 37.5 Å². The van der Waals surface area contributed by atoms with Crippen LogP contribution in [0.25, 0.3) is 0 Å². The number of hydrogen-bond acceptors (Lipinski definition) is 4. The molecule has 3 rings (SSSR count). The lowest BCUT2D eigenvalue weighted by molar-refractivity contribution is -0.118. The van der Waals surface area contributed by atoms with Gasteiger partial charge in [0.2, 0.25) is 10.0 Å². The van der Waals surface area contributed by atoms with Crippen molar-refractivity contribution in [1.29, 1.82) is 0 Å². The van der Waals surface area contributed by atoms with Gasteiger partial charge in [0.25, 0.3) is 5.91 Å². The highest BCUT2D eigenvalue weighted by atomic mass is 32.2. The largest absolute Gasteiger partial charge is 0.484 e. The normalized spacial score (nSPS) is 14.9. The number of ether oxygens (including phenoxy) is 1. The molecule has 2 aromatic rings. The van der Waals surface area contributed by atoms with Crippen molar-refractivity contribution in [3.63, 3.8) is 0 Å². The predicted molar refractivity (Wildman–Crippen MR) is 115 cm³/mol. The van der Waals surface area contributed by atoms with E-state index in [2.05, 4.69) is 26.1 Å². The van der Waals surface area contributed by atoms with E-state index in [1.807, 2.05) is 42.5 Å². The third kappa shape index (κ3) is 5.36. The number of rotatable bonds is 5. The van der Waals surface area contributed by atoms with Crippen LogP contribution in [-0.4, -0.2) is 38.0 Å². The molecule has 0 spiro atoms. The fourth-order valence-corrected chi connectivity index (χ4v) is 4.17. The molecule has 156 valence electrons. The molecule has 0 aromatic heterocycles. The lowest BCUT2D eigenvalue weighted by Crippen LogP contribution is -2.35. The molecule has 1 heterocycles. The van der Waals surface area contributed by atoms with Crippen molar-refractivity contribution in [2.75, 3.05) is 24.7 Å². The molecule has 1 aliphatic rings. The first-order valence-corrected chi connectivity index (χ1v) is 11.5. The molecule has 0 fully saturated rings. The molecular weight excluding hydrogens is 388 g/mol. The summed E-state index contributed by atoms with van der Waals surface area (Å²) >= 11 is 0. The predicted octanol–water partition coefficient (Wildman–Crippen LogP) is 3.32. The Balaban J connectivity index is 1.62. The van der Waals surface area contributed by atoms with Crippen LogP contribution < -0.4 is 10.1 Å². The van der Waals surface area contributed by atoms with E-state index in [1.165, 1.54) is 16.1 Å². The van der Waals surface area contributed by atoms with E-state index in [0.717, 1.165) is 11.1 Å². The second-order valence-corrected chi connectivity index (χ2v) is 10.4. The minimum Gasteiger partial charge on any atom is -0.484 e. The molecule has 1 aliphatic heterocycles. The lowest BCUT2D eigenvalue weighted by Gasteiger charge is -2.28. The molecule has 7 heteroatoms. The first-order valence-electron chi connectivity index (χ1n) is 9.63. The van der Waals surface area contributed by atoms with Gasteiger partial charge in [-0.05, 0) is 46.7 Å². The number of sulfonamides is 1. The third-order valence-electron chi connectivity index (χ3n) is 5.06. The molecule has 1 amide bonds. The summed E-state index contributed by atoms with van der Waals surface area (Å²) in [6.07, 6.45) is 1.78. The maximum absolute atomic E-state index is 12.4. The van der Waals surface area contributed by atoms with Crippen LogP contribution in [0.4, 0.5) is 5.69 Å². The maximum Gasteiger partial charge on any atom is 0.262 e. The van der Waals surface area contributed by atoms with Gasteiger partial charge in [-0.1, -0.05) is 45.0 Å². The zero-order valence-corrected chi connectivity index (χ0v) is 18.2. The minimum absolute atomic E-state index is 0.0645. The molecule has 29 heavy (non-hydrogen) atoms. The van der Waals surface area contributed by atoms with E-state index in [4.69, 9.17) is 4.74 Å². The van der Waals surface area contributed by atoms with Crippen molar-refractivity contribution >= 4 is 21.6 Å². The topological polar surface area (TPSA) is 75.7 Å². The number of anilines is 1. The Hall–Kier alpha value is -2.38. The van der Waals surface area contributed by atoms with Gasteiger partial charge in [-0.2, -0.15) is 4.31 Å². The number of nitrogens with zero attached hydrogens (tertiary/aromatic N) is 1. The highest BCUT2D eigenvalue weighted by Gasteiger charge is 2.25. The molecule has 0 bridgehead atoms. The highest BCUT2D eigenvalue weighted by molar-refractivity contribution is 7.88. The van der Waals surface area contributed by atoms with Gasteiger partial charge >= 0.3 is 0 Å². The van der Waals surface area contributed by atoms with Gasteiger partial charge in [0, 0.05) is 18.8 Å². The van der Waals surface area contributed by atoms with Gasteiger partial charge in [0.05, 0.1) is 6.26 Å². The fourth-order valence-electron chi connectivity index (χ4n) is 3.37. The summed E-state index contributed by atoms with van der Waals surface area (Å²) in [5, 5.41) is 2.90. The molecule has 2 aromatic carbocycles. The van der Waals surface area contributed by atoms with Crippen molar-refractivity contribution in [1.82, 2.24) is 4.31 Å². The standard InChI is InChI=1S/C22H28N2O4S/c1-22(2,3)17-8-10-18(11-9-17)28-15-21(25)23-20-7-5-6-16-14-24(29(4,26)27)13-12-19(16)20/h5-11H,12-15H2,1-4H3,(H,23,25). The Morgan fingerprint density at radius 2 is 1.83 bits per heavy atom. The highest BCUT2D eigenvalue weighted by Crippen LogP contribution is 2.27. The van der Waals surface area contributed by atoms with Crippen molar-refractivity contribution in [3.05, 3.63) is 59.2 Å². The van der Waals surface area contributed by atoms with E-state index < -0.39 is 10.0 Å². The van der Waals surface area contributed by atoms with Gasteiger partial charge in [-0.15, -0.1) is 0 Å². The van der Waals surface area contributed by atoms with Crippen molar-refractivity contribution < 1.29 is 17.9 Å². The summed E-state index contributed by atoms with van der Waals surface area (Å²) in [5.74, 6) is 0.399. The first kappa shape index (κ1) is 21.3. The summed E-state index contributed by atoms with van der Waals surface area (Å²) in [6.45, 7) is 7.09.